The lowest BCUT2D eigenvalue weighted by Crippen LogP contribution is -2.17. The van der Waals surface area contributed by atoms with Gasteiger partial charge in [-0.25, -0.2) is 0 Å². The van der Waals surface area contributed by atoms with E-state index in [0.717, 1.165) is 5.76 Å². The SMILES string of the molecule is CCOC(=O)CC(O)CSCc1ccco1. The van der Waals surface area contributed by atoms with Crippen LogP contribution in [0.1, 0.15) is 19.1 Å². The highest BCUT2D eigenvalue weighted by Gasteiger charge is 2.11. The van der Waals surface area contributed by atoms with Crippen molar-refractivity contribution in [3.05, 3.63) is 24.2 Å². The number of carbonyl (C=O) groups is 1. The molecule has 0 aliphatic rings. The molecule has 1 N–H and O–H groups in total. The van der Waals surface area contributed by atoms with Crippen LogP contribution in [0.3, 0.4) is 0 Å². The molecule has 0 saturated heterocycles. The van der Waals surface area contributed by atoms with Crippen LogP contribution in [0.4, 0.5) is 0 Å². The molecule has 0 amide bonds. The summed E-state index contributed by atoms with van der Waals surface area (Å²) in [5.41, 5.74) is 0. The van der Waals surface area contributed by atoms with Gasteiger partial charge >= 0.3 is 5.97 Å². The monoisotopic (exact) mass is 244 g/mol. The van der Waals surface area contributed by atoms with E-state index in [2.05, 4.69) is 0 Å². The molecule has 0 aliphatic carbocycles. The summed E-state index contributed by atoms with van der Waals surface area (Å²) < 4.78 is 9.88. The highest BCUT2D eigenvalue weighted by atomic mass is 32.2. The lowest BCUT2D eigenvalue weighted by Gasteiger charge is -2.08. The lowest BCUT2D eigenvalue weighted by molar-refractivity contribution is -0.144. The first-order valence-corrected chi connectivity index (χ1v) is 6.31. The minimum absolute atomic E-state index is 0.0546. The Labute approximate surface area is 99.0 Å². The van der Waals surface area contributed by atoms with Gasteiger partial charge in [0.1, 0.15) is 5.76 Å². The fourth-order valence-electron chi connectivity index (χ4n) is 1.16. The normalized spacial score (nSPS) is 12.4. The number of thioether (sulfide) groups is 1. The van der Waals surface area contributed by atoms with Crippen LogP contribution in [-0.2, 0) is 15.3 Å². The second-order valence-electron chi connectivity index (χ2n) is 3.26. The van der Waals surface area contributed by atoms with E-state index in [4.69, 9.17) is 9.15 Å². The van der Waals surface area contributed by atoms with Gasteiger partial charge in [0, 0.05) is 5.75 Å². The van der Waals surface area contributed by atoms with Gasteiger partial charge < -0.3 is 14.3 Å². The molecular formula is C11H16O4S. The molecule has 4 nitrogen and oxygen atoms in total. The first-order chi connectivity index (χ1) is 7.72. The number of rotatable bonds is 7. The number of carbonyl (C=O) groups excluding carboxylic acids is 1. The molecule has 1 rings (SSSR count). The molecule has 0 aromatic carbocycles. The second-order valence-corrected chi connectivity index (χ2v) is 4.29. The third-order valence-corrected chi connectivity index (χ3v) is 2.95. The Bertz CT molecular complexity index is 297. The molecule has 0 aliphatic heterocycles. The van der Waals surface area contributed by atoms with E-state index < -0.39 is 6.10 Å². The Morgan fingerprint density at radius 1 is 1.69 bits per heavy atom. The Hall–Kier alpha value is -0.940. The molecule has 16 heavy (non-hydrogen) atoms. The van der Waals surface area contributed by atoms with Crippen LogP contribution in [0.2, 0.25) is 0 Å². The molecule has 90 valence electrons. The van der Waals surface area contributed by atoms with Crippen LogP contribution in [-0.4, -0.2) is 29.5 Å². The molecule has 0 bridgehead atoms. The number of aliphatic hydroxyl groups excluding tert-OH is 1. The summed E-state index contributed by atoms with van der Waals surface area (Å²) in [6.07, 6.45) is 1.02. The van der Waals surface area contributed by atoms with E-state index in [-0.39, 0.29) is 12.4 Å². The Morgan fingerprint density at radius 3 is 3.12 bits per heavy atom. The summed E-state index contributed by atoms with van der Waals surface area (Å²) in [7, 11) is 0. The van der Waals surface area contributed by atoms with Crippen molar-refractivity contribution in [3.63, 3.8) is 0 Å². The maximum atomic E-state index is 11.0. The van der Waals surface area contributed by atoms with E-state index in [1.807, 2.05) is 12.1 Å². The lowest BCUT2D eigenvalue weighted by atomic mass is 10.3. The summed E-state index contributed by atoms with van der Waals surface area (Å²) in [6.45, 7) is 2.10. The molecular weight excluding hydrogens is 228 g/mol. The third kappa shape index (κ3) is 5.23. The number of hydrogen-bond acceptors (Lipinski definition) is 5. The molecule has 5 heteroatoms. The largest absolute Gasteiger partial charge is 0.468 e. The van der Waals surface area contributed by atoms with Gasteiger partial charge in [-0.1, -0.05) is 0 Å². The van der Waals surface area contributed by atoms with E-state index in [0.29, 0.717) is 18.1 Å². The average Bonchev–Trinajstić information content (AvgIpc) is 2.70. The first-order valence-electron chi connectivity index (χ1n) is 5.16. The number of aliphatic hydroxyl groups is 1. The van der Waals surface area contributed by atoms with Gasteiger partial charge in [-0.05, 0) is 19.1 Å². The van der Waals surface area contributed by atoms with Crippen LogP contribution < -0.4 is 0 Å². The Balaban J connectivity index is 2.10. The van der Waals surface area contributed by atoms with Crippen LogP contribution in [0, 0.1) is 0 Å². The summed E-state index contributed by atoms with van der Waals surface area (Å²) in [5, 5.41) is 9.52. The Kier molecular flexibility index (Phi) is 6.03. The molecule has 1 aromatic rings. The van der Waals surface area contributed by atoms with Gasteiger partial charge in [0.15, 0.2) is 0 Å². The van der Waals surface area contributed by atoms with Gasteiger partial charge in [-0.3, -0.25) is 4.79 Å². The van der Waals surface area contributed by atoms with Crippen molar-refractivity contribution in [2.45, 2.75) is 25.2 Å². The summed E-state index contributed by atoms with van der Waals surface area (Å²) >= 11 is 1.53. The van der Waals surface area contributed by atoms with Gasteiger partial charge in [0.25, 0.3) is 0 Å². The van der Waals surface area contributed by atoms with Crippen LogP contribution in [0.5, 0.6) is 0 Å². The first kappa shape index (κ1) is 13.1. The third-order valence-electron chi connectivity index (χ3n) is 1.84. The molecule has 0 radical (unpaired) electrons. The molecule has 0 saturated carbocycles. The van der Waals surface area contributed by atoms with Crippen LogP contribution >= 0.6 is 11.8 Å². The molecule has 0 spiro atoms. The molecule has 0 fully saturated rings. The second kappa shape index (κ2) is 7.35. The van der Waals surface area contributed by atoms with Crippen molar-refractivity contribution in [1.29, 1.82) is 0 Å². The van der Waals surface area contributed by atoms with E-state index in [1.165, 1.54) is 11.8 Å². The van der Waals surface area contributed by atoms with Gasteiger partial charge in [-0.15, -0.1) is 0 Å². The topological polar surface area (TPSA) is 59.7 Å². The van der Waals surface area contributed by atoms with Gasteiger partial charge in [0.05, 0.1) is 31.1 Å². The summed E-state index contributed by atoms with van der Waals surface area (Å²) in [4.78, 5) is 11.0. The van der Waals surface area contributed by atoms with Crippen LogP contribution in [0.15, 0.2) is 22.8 Å². The summed E-state index contributed by atoms with van der Waals surface area (Å²) in [5.74, 6) is 1.72. The zero-order valence-electron chi connectivity index (χ0n) is 9.22. The van der Waals surface area contributed by atoms with Crippen molar-refractivity contribution in [3.8, 4) is 0 Å². The predicted octanol–water partition coefficient (Wildman–Crippen LogP) is 1.83. The predicted molar refractivity (Wildman–Crippen MR) is 62.1 cm³/mol. The van der Waals surface area contributed by atoms with E-state index in [1.54, 1.807) is 13.2 Å². The average molecular weight is 244 g/mol. The van der Waals surface area contributed by atoms with Crippen molar-refractivity contribution >= 4 is 17.7 Å². The van der Waals surface area contributed by atoms with Gasteiger partial charge in [-0.2, -0.15) is 11.8 Å². The van der Waals surface area contributed by atoms with E-state index >= 15 is 0 Å². The molecule has 1 aromatic heterocycles. The number of ether oxygens (including phenoxy) is 1. The van der Waals surface area contributed by atoms with E-state index in [9.17, 15) is 9.90 Å². The van der Waals surface area contributed by atoms with Crippen molar-refractivity contribution in [2.75, 3.05) is 12.4 Å². The van der Waals surface area contributed by atoms with Crippen molar-refractivity contribution < 1.29 is 19.1 Å². The van der Waals surface area contributed by atoms with Crippen molar-refractivity contribution in [2.24, 2.45) is 0 Å². The Morgan fingerprint density at radius 2 is 2.50 bits per heavy atom. The number of furan rings is 1. The molecule has 1 unspecified atom stereocenters. The van der Waals surface area contributed by atoms with Crippen LogP contribution in [0.25, 0.3) is 0 Å². The summed E-state index contributed by atoms with van der Waals surface area (Å²) in [6, 6.07) is 3.70. The maximum absolute atomic E-state index is 11.0. The maximum Gasteiger partial charge on any atom is 0.308 e. The smallest absolute Gasteiger partial charge is 0.308 e. The van der Waals surface area contributed by atoms with Crippen molar-refractivity contribution in [1.82, 2.24) is 0 Å². The standard InChI is InChI=1S/C11H16O4S/c1-2-14-11(13)6-9(12)7-16-8-10-4-3-5-15-10/h3-5,9,12H,2,6-8H2,1H3. The highest BCUT2D eigenvalue weighted by molar-refractivity contribution is 7.98. The highest BCUT2D eigenvalue weighted by Crippen LogP contribution is 2.14. The minimum atomic E-state index is -0.654. The fourth-order valence-corrected chi connectivity index (χ4v) is 2.03. The molecule has 1 atom stereocenters. The zero-order chi connectivity index (χ0) is 11.8. The zero-order valence-corrected chi connectivity index (χ0v) is 10.0. The number of hydrogen-bond donors (Lipinski definition) is 1. The quantitative estimate of drug-likeness (QED) is 0.741. The van der Waals surface area contributed by atoms with Gasteiger partial charge in [0.2, 0.25) is 0 Å². The fraction of sp³-hybridized carbons (Fsp3) is 0.545. The minimum Gasteiger partial charge on any atom is -0.468 e. The number of esters is 1. The molecule has 1 heterocycles.